The summed E-state index contributed by atoms with van der Waals surface area (Å²) in [6, 6.07) is 7.36. The molecule has 2 aromatic rings. The van der Waals surface area contributed by atoms with Gasteiger partial charge in [-0.05, 0) is 31.0 Å². The summed E-state index contributed by atoms with van der Waals surface area (Å²) in [5, 5.41) is 16.9. The van der Waals surface area contributed by atoms with Gasteiger partial charge in [0.25, 0.3) is 0 Å². The lowest BCUT2D eigenvalue weighted by Gasteiger charge is -2.20. The molecule has 0 fully saturated rings. The van der Waals surface area contributed by atoms with Crippen LogP contribution >= 0.6 is 0 Å². The molecule has 5 heteroatoms. The van der Waals surface area contributed by atoms with Gasteiger partial charge in [-0.2, -0.15) is 4.98 Å². The quantitative estimate of drug-likeness (QED) is 0.866. The fraction of sp³-hybridized carbons (Fsp3) is 0.429. The molecule has 0 aliphatic carbocycles. The van der Waals surface area contributed by atoms with Crippen LogP contribution in [0.15, 0.2) is 28.8 Å². The van der Waals surface area contributed by atoms with Crippen molar-refractivity contribution < 1.29 is 9.63 Å². The van der Waals surface area contributed by atoms with Gasteiger partial charge < -0.3 is 14.9 Å². The van der Waals surface area contributed by atoms with Gasteiger partial charge in [0.1, 0.15) is 5.75 Å². The summed E-state index contributed by atoms with van der Waals surface area (Å²) >= 11 is 0. The third kappa shape index (κ3) is 3.32. The molecule has 19 heavy (non-hydrogen) atoms. The molecule has 0 bridgehead atoms. The van der Waals surface area contributed by atoms with Crippen molar-refractivity contribution in [2.75, 3.05) is 0 Å². The van der Waals surface area contributed by atoms with Gasteiger partial charge in [0.2, 0.25) is 5.89 Å². The number of nitrogens with zero attached hydrogens (tertiary/aromatic N) is 2. The minimum Gasteiger partial charge on any atom is -0.508 e. The molecule has 1 aromatic carbocycles. The van der Waals surface area contributed by atoms with E-state index in [0.29, 0.717) is 11.7 Å². The highest BCUT2D eigenvalue weighted by atomic mass is 16.5. The number of hydrogen-bond donors (Lipinski definition) is 2. The first-order chi connectivity index (χ1) is 9.10. The zero-order chi connectivity index (χ0) is 13.8. The lowest BCUT2D eigenvalue weighted by Crippen LogP contribution is -2.25. The Morgan fingerprint density at radius 3 is 2.79 bits per heavy atom. The molecule has 0 saturated heterocycles. The van der Waals surface area contributed by atoms with Crippen LogP contribution in [-0.2, 0) is 0 Å². The summed E-state index contributed by atoms with van der Waals surface area (Å²) in [5.74, 6) is 1.52. The van der Waals surface area contributed by atoms with Gasteiger partial charge >= 0.3 is 0 Å². The highest BCUT2D eigenvalue weighted by molar-refractivity contribution is 5.29. The van der Waals surface area contributed by atoms with Gasteiger partial charge in [-0.1, -0.05) is 24.2 Å². The van der Waals surface area contributed by atoms with Crippen LogP contribution < -0.4 is 5.32 Å². The number of hydrogen-bond acceptors (Lipinski definition) is 5. The summed E-state index contributed by atoms with van der Waals surface area (Å²) in [4.78, 5) is 4.26. The van der Waals surface area contributed by atoms with Crippen LogP contribution in [0.1, 0.15) is 49.6 Å². The molecule has 0 aliphatic rings. The van der Waals surface area contributed by atoms with Crippen molar-refractivity contribution in [3.05, 3.63) is 41.5 Å². The Labute approximate surface area is 112 Å². The van der Waals surface area contributed by atoms with Crippen LogP contribution in [0, 0.1) is 6.92 Å². The lowest BCUT2D eigenvalue weighted by atomic mass is 10.1. The first-order valence-electron chi connectivity index (χ1n) is 6.45. The molecular formula is C14H19N3O2. The number of benzene rings is 1. The number of aromatic hydroxyl groups is 1. The summed E-state index contributed by atoms with van der Waals surface area (Å²) < 4.78 is 5.01. The van der Waals surface area contributed by atoms with E-state index in [9.17, 15) is 5.11 Å². The Balaban J connectivity index is 2.10. The molecule has 0 unspecified atom stereocenters. The Hall–Kier alpha value is -1.88. The van der Waals surface area contributed by atoms with E-state index in [2.05, 4.69) is 22.4 Å². The van der Waals surface area contributed by atoms with Crippen LogP contribution in [0.4, 0.5) is 0 Å². The van der Waals surface area contributed by atoms with E-state index in [0.717, 1.165) is 12.0 Å². The van der Waals surface area contributed by atoms with Crippen LogP contribution in [0.2, 0.25) is 0 Å². The summed E-state index contributed by atoms with van der Waals surface area (Å²) in [6.45, 7) is 5.89. The number of nitrogens with one attached hydrogen (secondary N) is 1. The summed E-state index contributed by atoms with van der Waals surface area (Å²) in [6.07, 6.45) is 0.863. The van der Waals surface area contributed by atoms with E-state index >= 15 is 0 Å². The maximum atomic E-state index is 9.51. The zero-order valence-corrected chi connectivity index (χ0v) is 11.4. The second-order valence-electron chi connectivity index (χ2n) is 4.62. The van der Waals surface area contributed by atoms with Crippen molar-refractivity contribution >= 4 is 0 Å². The van der Waals surface area contributed by atoms with E-state index in [4.69, 9.17) is 4.52 Å². The number of aromatic nitrogens is 2. The molecule has 2 rings (SSSR count). The molecule has 102 valence electrons. The Kier molecular flexibility index (Phi) is 4.16. The lowest BCUT2D eigenvalue weighted by molar-refractivity contribution is 0.367. The van der Waals surface area contributed by atoms with Crippen LogP contribution in [0.25, 0.3) is 0 Å². The van der Waals surface area contributed by atoms with Gasteiger partial charge in [0.05, 0.1) is 6.04 Å². The second-order valence-corrected chi connectivity index (χ2v) is 4.62. The fourth-order valence-corrected chi connectivity index (χ4v) is 2.02. The third-order valence-electron chi connectivity index (χ3n) is 3.08. The molecule has 0 saturated carbocycles. The minimum absolute atomic E-state index is 0.0369. The molecule has 0 spiro atoms. The van der Waals surface area contributed by atoms with E-state index in [1.54, 1.807) is 19.1 Å². The monoisotopic (exact) mass is 261 g/mol. The molecular weight excluding hydrogens is 242 g/mol. The maximum absolute atomic E-state index is 9.51. The molecule has 5 nitrogen and oxygen atoms in total. The number of phenols is 1. The van der Waals surface area contributed by atoms with Gasteiger partial charge in [0, 0.05) is 13.0 Å². The molecule has 1 aromatic heterocycles. The van der Waals surface area contributed by atoms with Crippen molar-refractivity contribution in [2.24, 2.45) is 0 Å². The fourth-order valence-electron chi connectivity index (χ4n) is 2.02. The normalized spacial score (nSPS) is 14.3. The Morgan fingerprint density at radius 2 is 2.21 bits per heavy atom. The SMILES string of the molecule is CC[C@@H](N[C@@H](C)c1cccc(O)c1)c1noc(C)n1. The predicted octanol–water partition coefficient (Wildman–Crippen LogP) is 2.89. The smallest absolute Gasteiger partial charge is 0.223 e. The average molecular weight is 261 g/mol. The topological polar surface area (TPSA) is 71.2 Å². The highest BCUT2D eigenvalue weighted by Gasteiger charge is 2.18. The van der Waals surface area contributed by atoms with Gasteiger partial charge in [-0.25, -0.2) is 0 Å². The van der Waals surface area contributed by atoms with Crippen molar-refractivity contribution in [2.45, 2.75) is 39.3 Å². The highest BCUT2D eigenvalue weighted by Crippen LogP contribution is 2.22. The van der Waals surface area contributed by atoms with E-state index in [1.807, 2.05) is 19.1 Å². The maximum Gasteiger partial charge on any atom is 0.223 e. The van der Waals surface area contributed by atoms with Gasteiger partial charge in [-0.15, -0.1) is 0 Å². The molecule has 2 N–H and O–H groups in total. The van der Waals surface area contributed by atoms with E-state index in [-0.39, 0.29) is 17.8 Å². The van der Waals surface area contributed by atoms with Gasteiger partial charge in [-0.3, -0.25) is 0 Å². The van der Waals surface area contributed by atoms with Crippen molar-refractivity contribution in [3.63, 3.8) is 0 Å². The number of phenolic OH excluding ortho intramolecular Hbond substituents is 1. The predicted molar refractivity (Wildman–Crippen MR) is 71.7 cm³/mol. The number of aryl methyl sites for hydroxylation is 1. The zero-order valence-electron chi connectivity index (χ0n) is 11.4. The largest absolute Gasteiger partial charge is 0.508 e. The van der Waals surface area contributed by atoms with Crippen LogP contribution in [0.5, 0.6) is 5.75 Å². The first-order valence-corrected chi connectivity index (χ1v) is 6.45. The molecule has 1 heterocycles. The minimum atomic E-state index is 0.0369. The Bertz CT molecular complexity index is 539. The van der Waals surface area contributed by atoms with Crippen LogP contribution in [-0.4, -0.2) is 15.2 Å². The Morgan fingerprint density at radius 1 is 1.42 bits per heavy atom. The van der Waals surface area contributed by atoms with Crippen LogP contribution in [0.3, 0.4) is 0 Å². The average Bonchev–Trinajstić information content (AvgIpc) is 2.82. The number of rotatable bonds is 5. The summed E-state index contributed by atoms with van der Waals surface area (Å²) in [5.41, 5.74) is 1.03. The van der Waals surface area contributed by atoms with E-state index in [1.165, 1.54) is 0 Å². The molecule has 2 atom stereocenters. The summed E-state index contributed by atoms with van der Waals surface area (Å²) in [7, 11) is 0. The molecule has 0 amide bonds. The van der Waals surface area contributed by atoms with E-state index < -0.39 is 0 Å². The van der Waals surface area contributed by atoms with Crippen molar-refractivity contribution in [3.8, 4) is 5.75 Å². The third-order valence-corrected chi connectivity index (χ3v) is 3.08. The van der Waals surface area contributed by atoms with Crippen molar-refractivity contribution in [1.29, 1.82) is 0 Å². The molecule has 0 radical (unpaired) electrons. The second kappa shape index (κ2) is 5.84. The van der Waals surface area contributed by atoms with Crippen molar-refractivity contribution in [1.82, 2.24) is 15.5 Å². The standard InChI is InChI=1S/C14H19N3O2/c1-4-13(14-16-10(3)19-17-14)15-9(2)11-6-5-7-12(18)8-11/h5-9,13,15,18H,4H2,1-3H3/t9-,13+/m0/s1. The molecule has 0 aliphatic heterocycles. The van der Waals surface area contributed by atoms with Gasteiger partial charge in [0.15, 0.2) is 5.82 Å². The first kappa shape index (κ1) is 13.5.